The fourth-order valence-corrected chi connectivity index (χ4v) is 4.30. The van der Waals surface area contributed by atoms with Gasteiger partial charge in [-0.2, -0.15) is 0 Å². The Hall–Kier alpha value is -2.95. The molecule has 4 rings (SSSR count). The maximum Gasteiger partial charge on any atom is 0.113 e. The number of aryl methyl sites for hydroxylation is 1. The Labute approximate surface area is 167 Å². The van der Waals surface area contributed by atoms with Gasteiger partial charge < -0.3 is 19.5 Å². The molecule has 0 atom stereocenters. The van der Waals surface area contributed by atoms with Gasteiger partial charge in [0.25, 0.3) is 0 Å². The summed E-state index contributed by atoms with van der Waals surface area (Å²) in [7, 11) is 1.66. The van der Waals surface area contributed by atoms with E-state index in [9.17, 15) is 0 Å². The second-order valence-corrected chi connectivity index (χ2v) is 7.52. The van der Waals surface area contributed by atoms with E-state index in [0.29, 0.717) is 5.76 Å². The Morgan fingerprint density at radius 1 is 1.29 bits per heavy atom. The van der Waals surface area contributed by atoms with Crippen molar-refractivity contribution >= 4 is 11.4 Å². The molecule has 2 aliphatic heterocycles. The Kier molecular flexibility index (Phi) is 4.75. The molecule has 28 heavy (non-hydrogen) atoms. The predicted octanol–water partition coefficient (Wildman–Crippen LogP) is 4.20. The van der Waals surface area contributed by atoms with Crippen molar-refractivity contribution in [2.24, 2.45) is 0 Å². The second kappa shape index (κ2) is 7.23. The number of hydrogen-bond acceptors (Lipinski definition) is 4. The molecular formula is C23H28N4O. The third-order valence-corrected chi connectivity index (χ3v) is 5.87. The van der Waals surface area contributed by atoms with Crippen LogP contribution >= 0.6 is 0 Å². The van der Waals surface area contributed by atoms with Crippen LogP contribution in [0.1, 0.15) is 31.2 Å². The number of anilines is 1. The zero-order valence-corrected chi connectivity index (χ0v) is 16.9. The SMILES string of the molecule is C=C(/C=C1/NC2(CCN(c3ccc(C)nc3)CC2)c2cccn2/C1=C/C)OC. The molecule has 1 N–H and O–H groups in total. The highest BCUT2D eigenvalue weighted by atomic mass is 16.5. The number of ether oxygens (including phenoxy) is 1. The first-order chi connectivity index (χ1) is 13.6. The van der Waals surface area contributed by atoms with Crippen molar-refractivity contribution in [3.05, 3.63) is 78.2 Å². The zero-order valence-electron chi connectivity index (χ0n) is 16.9. The monoisotopic (exact) mass is 376 g/mol. The fourth-order valence-electron chi connectivity index (χ4n) is 4.30. The Morgan fingerprint density at radius 2 is 2.07 bits per heavy atom. The number of fused-ring (bicyclic) bond motifs is 2. The standard InChI is InChI=1S/C23H28N4O/c1-5-21-20(15-18(3)28-4)25-23(22-7-6-12-27(21)22)10-13-26(14-11-23)19-9-8-17(2)24-16-19/h5-9,12,15-16,25H,3,10-11,13-14H2,1-2,4H3/b20-15+,21-5+. The average molecular weight is 377 g/mol. The third kappa shape index (κ3) is 3.11. The quantitative estimate of drug-likeness (QED) is 0.816. The number of allylic oxidation sites excluding steroid dienone is 3. The summed E-state index contributed by atoms with van der Waals surface area (Å²) in [5, 5.41) is 3.85. The van der Waals surface area contributed by atoms with Gasteiger partial charge in [-0.15, -0.1) is 0 Å². The normalized spacial score (nSPS) is 20.9. The van der Waals surface area contributed by atoms with Crippen LogP contribution in [-0.4, -0.2) is 29.8 Å². The highest BCUT2D eigenvalue weighted by Gasteiger charge is 2.42. The minimum absolute atomic E-state index is 0.0928. The molecule has 2 aliphatic rings. The Bertz CT molecular complexity index is 928. The topological polar surface area (TPSA) is 42.3 Å². The van der Waals surface area contributed by atoms with Gasteiger partial charge in [-0.05, 0) is 51.0 Å². The summed E-state index contributed by atoms with van der Waals surface area (Å²) in [6, 6.07) is 8.62. The lowest BCUT2D eigenvalue weighted by Gasteiger charge is -2.47. The molecule has 0 amide bonds. The molecule has 2 aromatic rings. The molecule has 0 aromatic carbocycles. The van der Waals surface area contributed by atoms with E-state index in [1.807, 2.05) is 19.2 Å². The number of piperidine rings is 1. The summed E-state index contributed by atoms with van der Waals surface area (Å²) in [6.45, 7) is 10.0. The molecule has 4 heterocycles. The maximum atomic E-state index is 5.31. The summed E-state index contributed by atoms with van der Waals surface area (Å²) in [4.78, 5) is 6.89. The summed E-state index contributed by atoms with van der Waals surface area (Å²) in [6.07, 6.45) is 10.3. The molecule has 5 nitrogen and oxygen atoms in total. The van der Waals surface area contributed by atoms with Crippen molar-refractivity contribution in [2.75, 3.05) is 25.1 Å². The van der Waals surface area contributed by atoms with Gasteiger partial charge in [0.05, 0.1) is 35.9 Å². The van der Waals surface area contributed by atoms with Crippen molar-refractivity contribution in [2.45, 2.75) is 32.2 Å². The van der Waals surface area contributed by atoms with Crippen molar-refractivity contribution in [3.8, 4) is 0 Å². The lowest BCUT2D eigenvalue weighted by atomic mass is 9.82. The minimum Gasteiger partial charge on any atom is -0.497 e. The molecular weight excluding hydrogens is 348 g/mol. The number of rotatable bonds is 3. The number of hydrogen-bond donors (Lipinski definition) is 1. The number of nitrogens with zero attached hydrogens (tertiary/aromatic N) is 3. The first-order valence-corrected chi connectivity index (χ1v) is 9.81. The largest absolute Gasteiger partial charge is 0.497 e. The fraction of sp³-hybridized carbons (Fsp3) is 0.348. The van der Waals surface area contributed by atoms with E-state index in [4.69, 9.17) is 4.74 Å². The predicted molar refractivity (Wildman–Crippen MR) is 114 cm³/mol. The highest BCUT2D eigenvalue weighted by molar-refractivity contribution is 5.68. The van der Waals surface area contributed by atoms with Gasteiger partial charge in [-0.3, -0.25) is 4.98 Å². The lowest BCUT2D eigenvalue weighted by Crippen LogP contribution is -2.54. The van der Waals surface area contributed by atoms with Gasteiger partial charge in [-0.25, -0.2) is 0 Å². The molecule has 0 saturated carbocycles. The van der Waals surface area contributed by atoms with Crippen LogP contribution in [0.15, 0.2) is 66.8 Å². The van der Waals surface area contributed by atoms with Crippen LogP contribution in [0.4, 0.5) is 5.69 Å². The van der Waals surface area contributed by atoms with Crippen molar-refractivity contribution in [1.29, 1.82) is 0 Å². The van der Waals surface area contributed by atoms with Crippen molar-refractivity contribution < 1.29 is 4.74 Å². The van der Waals surface area contributed by atoms with Crippen molar-refractivity contribution in [1.82, 2.24) is 14.9 Å². The van der Waals surface area contributed by atoms with E-state index >= 15 is 0 Å². The first-order valence-electron chi connectivity index (χ1n) is 9.81. The molecule has 1 saturated heterocycles. The van der Waals surface area contributed by atoms with E-state index in [1.165, 1.54) is 11.4 Å². The highest BCUT2D eigenvalue weighted by Crippen LogP contribution is 2.41. The molecule has 0 radical (unpaired) electrons. The van der Waals surface area contributed by atoms with E-state index in [1.54, 1.807) is 7.11 Å². The van der Waals surface area contributed by atoms with E-state index in [-0.39, 0.29) is 5.54 Å². The maximum absolute atomic E-state index is 5.31. The second-order valence-electron chi connectivity index (χ2n) is 7.52. The summed E-state index contributed by atoms with van der Waals surface area (Å²) in [5.74, 6) is 0.649. The van der Waals surface area contributed by atoms with Crippen LogP contribution in [0, 0.1) is 6.92 Å². The Morgan fingerprint density at radius 3 is 2.71 bits per heavy atom. The van der Waals surface area contributed by atoms with Crippen LogP contribution in [0.2, 0.25) is 0 Å². The van der Waals surface area contributed by atoms with Gasteiger partial charge in [0, 0.05) is 36.8 Å². The lowest BCUT2D eigenvalue weighted by molar-refractivity contribution is 0.266. The molecule has 5 heteroatoms. The Balaban J connectivity index is 1.65. The van der Waals surface area contributed by atoms with Gasteiger partial charge in [0.2, 0.25) is 0 Å². The van der Waals surface area contributed by atoms with Crippen LogP contribution in [0.25, 0.3) is 5.70 Å². The summed E-state index contributed by atoms with van der Waals surface area (Å²) < 4.78 is 7.61. The van der Waals surface area contributed by atoms with Crippen LogP contribution in [0.5, 0.6) is 0 Å². The van der Waals surface area contributed by atoms with Crippen LogP contribution in [0.3, 0.4) is 0 Å². The number of aromatic nitrogens is 2. The van der Waals surface area contributed by atoms with E-state index < -0.39 is 0 Å². The third-order valence-electron chi connectivity index (χ3n) is 5.87. The molecule has 146 valence electrons. The number of methoxy groups -OCH3 is 1. The van der Waals surface area contributed by atoms with Crippen molar-refractivity contribution in [3.63, 3.8) is 0 Å². The smallest absolute Gasteiger partial charge is 0.113 e. The minimum atomic E-state index is -0.0928. The summed E-state index contributed by atoms with van der Waals surface area (Å²) >= 11 is 0. The van der Waals surface area contributed by atoms with Gasteiger partial charge in [-0.1, -0.05) is 12.7 Å². The van der Waals surface area contributed by atoms with E-state index in [2.05, 4.69) is 69.8 Å². The van der Waals surface area contributed by atoms with Crippen LogP contribution < -0.4 is 10.2 Å². The molecule has 0 aliphatic carbocycles. The van der Waals surface area contributed by atoms with Gasteiger partial charge in [0.1, 0.15) is 5.76 Å². The molecule has 0 unspecified atom stereocenters. The molecule has 1 spiro atoms. The number of pyridine rings is 1. The van der Waals surface area contributed by atoms with Crippen LogP contribution in [-0.2, 0) is 10.3 Å². The average Bonchev–Trinajstić information content (AvgIpc) is 3.20. The zero-order chi connectivity index (χ0) is 19.7. The number of nitrogens with one attached hydrogen (secondary N) is 1. The van der Waals surface area contributed by atoms with E-state index in [0.717, 1.165) is 43.0 Å². The molecule has 0 bridgehead atoms. The van der Waals surface area contributed by atoms with Gasteiger partial charge in [0.15, 0.2) is 0 Å². The molecule has 2 aromatic heterocycles. The molecule has 1 fully saturated rings. The summed E-state index contributed by atoms with van der Waals surface area (Å²) in [5.41, 5.74) is 5.67. The first kappa shape index (κ1) is 18.4. The van der Waals surface area contributed by atoms with Gasteiger partial charge >= 0.3 is 0 Å².